The molecular weight excluding hydrogens is 444 g/mol. The van der Waals surface area contributed by atoms with Gasteiger partial charge in [-0.25, -0.2) is 4.98 Å². The van der Waals surface area contributed by atoms with E-state index in [0.717, 1.165) is 48.8 Å². The maximum atomic E-state index is 12.6. The number of carbonyl (C=O) groups excluding carboxylic acids is 2. The van der Waals surface area contributed by atoms with Crippen molar-refractivity contribution in [2.45, 2.75) is 31.0 Å². The largest absolute Gasteiger partial charge is 0.352 e. The van der Waals surface area contributed by atoms with Crippen LogP contribution in [0.5, 0.6) is 0 Å². The summed E-state index contributed by atoms with van der Waals surface area (Å²) in [4.78, 5) is 33.6. The van der Waals surface area contributed by atoms with Crippen molar-refractivity contribution in [1.82, 2.24) is 15.2 Å². The highest BCUT2D eigenvalue weighted by atomic mass is 32.2. The predicted molar refractivity (Wildman–Crippen MR) is 135 cm³/mol. The number of nitrogens with zero attached hydrogens (tertiary/aromatic N) is 3. The van der Waals surface area contributed by atoms with Crippen LogP contribution >= 0.6 is 11.8 Å². The van der Waals surface area contributed by atoms with Crippen molar-refractivity contribution in [3.05, 3.63) is 89.1 Å². The highest BCUT2D eigenvalue weighted by molar-refractivity contribution is 8.00. The van der Waals surface area contributed by atoms with Crippen LogP contribution < -0.4 is 10.2 Å². The lowest BCUT2D eigenvalue weighted by Gasteiger charge is -2.28. The van der Waals surface area contributed by atoms with E-state index in [1.165, 1.54) is 22.9 Å². The molecule has 2 amide bonds. The number of anilines is 1. The first-order chi connectivity index (χ1) is 16.7. The topological polar surface area (TPSA) is 65.5 Å². The van der Waals surface area contributed by atoms with Gasteiger partial charge in [-0.1, -0.05) is 48.2 Å². The highest BCUT2D eigenvalue weighted by Gasteiger charge is 2.25. The third-order valence-corrected chi connectivity index (χ3v) is 7.36. The number of pyridine rings is 1. The molecule has 0 bridgehead atoms. The van der Waals surface area contributed by atoms with Crippen LogP contribution in [0, 0.1) is 0 Å². The van der Waals surface area contributed by atoms with Crippen LogP contribution in [0.1, 0.15) is 33.5 Å². The Balaban J connectivity index is 1.10. The number of hydrogen-bond acceptors (Lipinski definition) is 5. The van der Waals surface area contributed by atoms with Gasteiger partial charge in [-0.15, -0.1) is 0 Å². The maximum absolute atomic E-state index is 12.6. The smallest absolute Gasteiger partial charge is 0.251 e. The van der Waals surface area contributed by atoms with E-state index in [9.17, 15) is 9.59 Å². The quantitative estimate of drug-likeness (QED) is 0.529. The zero-order valence-electron chi connectivity index (χ0n) is 19.1. The molecule has 3 heterocycles. The van der Waals surface area contributed by atoms with Crippen molar-refractivity contribution in [1.29, 1.82) is 0 Å². The monoisotopic (exact) mass is 472 g/mol. The lowest BCUT2D eigenvalue weighted by atomic mass is 10.00. The number of fused-ring (bicyclic) bond motifs is 2. The molecule has 0 radical (unpaired) electrons. The molecule has 0 saturated heterocycles. The fraction of sp³-hybridized carbons (Fsp3) is 0.296. The van der Waals surface area contributed by atoms with Gasteiger partial charge < -0.3 is 10.2 Å². The summed E-state index contributed by atoms with van der Waals surface area (Å²) in [7, 11) is 0. The first-order valence-electron chi connectivity index (χ1n) is 11.7. The summed E-state index contributed by atoms with van der Waals surface area (Å²) in [5, 5.41) is 3.92. The van der Waals surface area contributed by atoms with Crippen LogP contribution in [0.2, 0.25) is 0 Å². The third-order valence-electron chi connectivity index (χ3n) is 6.38. The lowest BCUT2D eigenvalue weighted by Crippen LogP contribution is -2.35. The number of thioether (sulfide) groups is 1. The first-order valence-corrected chi connectivity index (χ1v) is 12.7. The Morgan fingerprint density at radius 2 is 1.85 bits per heavy atom. The van der Waals surface area contributed by atoms with Gasteiger partial charge in [0.25, 0.3) is 5.91 Å². The summed E-state index contributed by atoms with van der Waals surface area (Å²) in [6.07, 6.45) is 3.77. The predicted octanol–water partition coefficient (Wildman–Crippen LogP) is 3.90. The molecule has 3 aromatic rings. The molecule has 2 aliphatic heterocycles. The summed E-state index contributed by atoms with van der Waals surface area (Å²) in [6.45, 7) is 4.17. The molecule has 6 nitrogen and oxygen atoms in total. The Kier molecular flexibility index (Phi) is 6.92. The molecule has 5 rings (SSSR count). The van der Waals surface area contributed by atoms with E-state index in [0.29, 0.717) is 24.4 Å². The molecule has 0 saturated carbocycles. The van der Waals surface area contributed by atoms with Crippen LogP contribution in [0.15, 0.2) is 71.9 Å². The highest BCUT2D eigenvalue weighted by Crippen LogP contribution is 2.34. The number of aromatic nitrogens is 1. The zero-order valence-corrected chi connectivity index (χ0v) is 19.9. The van der Waals surface area contributed by atoms with Gasteiger partial charge in [0.15, 0.2) is 0 Å². The van der Waals surface area contributed by atoms with E-state index >= 15 is 0 Å². The summed E-state index contributed by atoms with van der Waals surface area (Å²) < 4.78 is 0. The van der Waals surface area contributed by atoms with E-state index in [2.05, 4.69) is 39.5 Å². The third kappa shape index (κ3) is 5.16. The van der Waals surface area contributed by atoms with Gasteiger partial charge in [-0.05, 0) is 53.8 Å². The Morgan fingerprint density at radius 1 is 1.03 bits per heavy atom. The zero-order chi connectivity index (χ0) is 23.3. The molecule has 0 spiro atoms. The first kappa shape index (κ1) is 22.6. The number of carbonyl (C=O) groups is 2. The average Bonchev–Trinajstić information content (AvgIpc) is 2.88. The summed E-state index contributed by atoms with van der Waals surface area (Å²) >= 11 is 1.47. The van der Waals surface area contributed by atoms with Crippen molar-refractivity contribution < 1.29 is 9.59 Å². The van der Waals surface area contributed by atoms with Gasteiger partial charge in [0.2, 0.25) is 5.91 Å². The van der Waals surface area contributed by atoms with Crippen LogP contribution in [-0.2, 0) is 24.3 Å². The fourth-order valence-corrected chi connectivity index (χ4v) is 5.39. The Labute approximate surface area is 204 Å². The molecule has 1 N–H and O–H groups in total. The molecule has 2 aliphatic rings. The van der Waals surface area contributed by atoms with Crippen LogP contribution in [-0.4, -0.2) is 47.1 Å². The lowest BCUT2D eigenvalue weighted by molar-refractivity contribution is -0.116. The van der Waals surface area contributed by atoms with E-state index in [1.54, 1.807) is 11.1 Å². The van der Waals surface area contributed by atoms with Gasteiger partial charge in [-0.2, -0.15) is 0 Å². The molecule has 0 fully saturated rings. The van der Waals surface area contributed by atoms with Crippen molar-refractivity contribution in [2.75, 3.05) is 30.3 Å². The SMILES string of the molecule is O=C(NCCCN1CCc2ccccc2C1)c1ccc(CN2C(=O)CSc3ncccc32)cc1. The maximum Gasteiger partial charge on any atom is 0.251 e. The summed E-state index contributed by atoms with van der Waals surface area (Å²) in [5.41, 5.74) is 5.35. The summed E-state index contributed by atoms with van der Waals surface area (Å²) in [6, 6.07) is 19.9. The second kappa shape index (κ2) is 10.4. The van der Waals surface area contributed by atoms with E-state index < -0.39 is 0 Å². The standard InChI is InChI=1S/C27H28N4O2S/c32-25-19-34-27-24(7-3-13-29-27)31(25)17-20-8-10-22(11-9-20)26(33)28-14-4-15-30-16-12-21-5-1-2-6-23(21)18-30/h1-3,5-11,13H,4,12,14-19H2,(H,28,33). The molecule has 7 heteroatoms. The number of benzene rings is 2. The van der Waals surface area contributed by atoms with Gasteiger partial charge in [0, 0.05) is 37.9 Å². The van der Waals surface area contributed by atoms with E-state index in [4.69, 9.17) is 0 Å². The molecule has 0 atom stereocenters. The van der Waals surface area contributed by atoms with E-state index in [-0.39, 0.29) is 11.8 Å². The van der Waals surface area contributed by atoms with Crippen LogP contribution in [0.3, 0.4) is 0 Å². The van der Waals surface area contributed by atoms with Crippen LogP contribution in [0.25, 0.3) is 0 Å². The van der Waals surface area contributed by atoms with Gasteiger partial charge in [0.05, 0.1) is 18.0 Å². The fourth-order valence-electron chi connectivity index (χ4n) is 4.51. The minimum absolute atomic E-state index is 0.0597. The van der Waals surface area contributed by atoms with Crippen molar-refractivity contribution >= 4 is 29.3 Å². The van der Waals surface area contributed by atoms with Crippen molar-refractivity contribution in [3.8, 4) is 0 Å². The molecule has 174 valence electrons. The number of amides is 2. The Bertz CT molecular complexity index is 1180. The van der Waals surface area contributed by atoms with Gasteiger partial charge >= 0.3 is 0 Å². The van der Waals surface area contributed by atoms with Crippen molar-refractivity contribution in [2.24, 2.45) is 0 Å². The van der Waals surface area contributed by atoms with Crippen LogP contribution in [0.4, 0.5) is 5.69 Å². The molecule has 1 aromatic heterocycles. The second-order valence-corrected chi connectivity index (χ2v) is 9.66. The molecule has 0 aliphatic carbocycles. The number of hydrogen-bond donors (Lipinski definition) is 1. The normalized spacial score (nSPS) is 15.5. The molecule has 0 unspecified atom stereocenters. The summed E-state index contributed by atoms with van der Waals surface area (Å²) in [5.74, 6) is 0.411. The second-order valence-electron chi connectivity index (χ2n) is 8.70. The van der Waals surface area contributed by atoms with E-state index in [1.807, 2.05) is 36.4 Å². The molecule has 34 heavy (non-hydrogen) atoms. The Morgan fingerprint density at radius 3 is 2.71 bits per heavy atom. The van der Waals surface area contributed by atoms with Gasteiger partial charge in [-0.3, -0.25) is 14.5 Å². The Hall–Kier alpha value is -3.16. The van der Waals surface area contributed by atoms with Crippen molar-refractivity contribution in [3.63, 3.8) is 0 Å². The number of nitrogens with one attached hydrogen (secondary N) is 1. The molecular formula is C27H28N4O2S. The minimum atomic E-state index is -0.0597. The van der Waals surface area contributed by atoms with Gasteiger partial charge in [0.1, 0.15) is 5.03 Å². The molecule has 2 aromatic carbocycles. The average molecular weight is 473 g/mol. The minimum Gasteiger partial charge on any atom is -0.352 e. The number of rotatable bonds is 7.